The SMILES string of the molecule is CN(C)CCNc1cc2c(cn1)cc(-c1ccc(F)c(NC(=O)Nc3ccccc3-c3ccccc3)c1)c(=O)n2C. The summed E-state index contributed by atoms with van der Waals surface area (Å²) in [5, 5.41) is 9.44. The first-order valence-electron chi connectivity index (χ1n) is 13.2. The first kappa shape index (κ1) is 27.5. The van der Waals surface area contributed by atoms with Gasteiger partial charge in [-0.1, -0.05) is 54.6 Å². The fourth-order valence-corrected chi connectivity index (χ4v) is 4.60. The van der Waals surface area contributed by atoms with Crippen molar-refractivity contribution in [1.29, 1.82) is 0 Å². The number of nitrogens with zero attached hydrogens (tertiary/aromatic N) is 3. The van der Waals surface area contributed by atoms with Crippen LogP contribution < -0.4 is 21.5 Å². The van der Waals surface area contributed by atoms with E-state index >= 15 is 0 Å². The summed E-state index contributed by atoms with van der Waals surface area (Å²) >= 11 is 0. The highest BCUT2D eigenvalue weighted by molar-refractivity contribution is 6.02. The summed E-state index contributed by atoms with van der Waals surface area (Å²) in [7, 11) is 5.68. The summed E-state index contributed by atoms with van der Waals surface area (Å²) in [5.74, 6) is 0.0585. The van der Waals surface area contributed by atoms with E-state index in [4.69, 9.17) is 0 Å². The molecular formula is C32H31FN6O2. The highest BCUT2D eigenvalue weighted by atomic mass is 19.1. The Morgan fingerprint density at radius 1 is 0.878 bits per heavy atom. The van der Waals surface area contributed by atoms with Gasteiger partial charge in [0.05, 0.1) is 16.9 Å². The number of carbonyl (C=O) groups is 1. The highest BCUT2D eigenvalue weighted by Gasteiger charge is 2.15. The number of likely N-dealkylation sites (N-methyl/N-ethyl adjacent to an activating group) is 1. The molecule has 0 saturated carbocycles. The van der Waals surface area contributed by atoms with Crippen LogP contribution in [-0.4, -0.2) is 47.7 Å². The van der Waals surface area contributed by atoms with Gasteiger partial charge in [0.15, 0.2) is 0 Å². The van der Waals surface area contributed by atoms with Crippen LogP contribution in [0.4, 0.5) is 26.4 Å². The number of rotatable bonds is 8. The number of para-hydroxylation sites is 1. The number of nitrogens with one attached hydrogen (secondary N) is 3. The summed E-state index contributed by atoms with van der Waals surface area (Å²) in [6, 6.07) is 24.2. The quantitative estimate of drug-likeness (QED) is 0.220. The van der Waals surface area contributed by atoms with E-state index in [-0.39, 0.29) is 11.2 Å². The van der Waals surface area contributed by atoms with Crippen LogP contribution >= 0.6 is 0 Å². The van der Waals surface area contributed by atoms with Crippen molar-refractivity contribution in [2.45, 2.75) is 0 Å². The number of aromatic nitrogens is 2. The van der Waals surface area contributed by atoms with Crippen LogP contribution in [-0.2, 0) is 7.05 Å². The van der Waals surface area contributed by atoms with Crippen molar-refractivity contribution in [2.24, 2.45) is 7.05 Å². The zero-order chi connectivity index (χ0) is 28.9. The number of benzene rings is 3. The molecule has 0 aliphatic rings. The van der Waals surface area contributed by atoms with Crippen molar-refractivity contribution in [1.82, 2.24) is 14.5 Å². The molecule has 2 aromatic heterocycles. The van der Waals surface area contributed by atoms with Crippen molar-refractivity contribution in [3.8, 4) is 22.3 Å². The molecule has 3 aromatic carbocycles. The minimum absolute atomic E-state index is 0.0436. The second-order valence-electron chi connectivity index (χ2n) is 9.97. The Labute approximate surface area is 237 Å². The van der Waals surface area contributed by atoms with Gasteiger partial charge >= 0.3 is 6.03 Å². The fourth-order valence-electron chi connectivity index (χ4n) is 4.60. The molecule has 0 atom stereocenters. The molecule has 0 unspecified atom stereocenters. The third-order valence-electron chi connectivity index (χ3n) is 6.76. The normalized spacial score (nSPS) is 11.0. The lowest BCUT2D eigenvalue weighted by Crippen LogP contribution is -2.22. The van der Waals surface area contributed by atoms with Gasteiger partial charge in [0, 0.05) is 48.9 Å². The van der Waals surface area contributed by atoms with Gasteiger partial charge in [-0.2, -0.15) is 0 Å². The van der Waals surface area contributed by atoms with E-state index in [2.05, 4.69) is 25.8 Å². The number of hydrogen-bond acceptors (Lipinski definition) is 5. The third kappa shape index (κ3) is 6.26. The lowest BCUT2D eigenvalue weighted by molar-refractivity contribution is 0.262. The molecule has 8 nitrogen and oxygen atoms in total. The molecule has 9 heteroatoms. The lowest BCUT2D eigenvalue weighted by atomic mass is 10.0. The molecule has 0 spiro atoms. The smallest absolute Gasteiger partial charge is 0.323 e. The molecule has 5 rings (SSSR count). The molecule has 41 heavy (non-hydrogen) atoms. The summed E-state index contributed by atoms with van der Waals surface area (Å²) in [6.07, 6.45) is 1.70. The molecule has 2 amide bonds. The van der Waals surface area contributed by atoms with Crippen molar-refractivity contribution in [2.75, 3.05) is 43.1 Å². The third-order valence-corrected chi connectivity index (χ3v) is 6.76. The van der Waals surface area contributed by atoms with Crippen LogP contribution in [0.1, 0.15) is 0 Å². The zero-order valence-electron chi connectivity index (χ0n) is 23.1. The number of carbonyl (C=O) groups excluding carboxylic acids is 1. The van der Waals surface area contributed by atoms with Crippen LogP contribution in [0.15, 0.2) is 95.9 Å². The van der Waals surface area contributed by atoms with Gasteiger partial charge in [0.2, 0.25) is 0 Å². The van der Waals surface area contributed by atoms with Gasteiger partial charge in [0.1, 0.15) is 11.6 Å². The summed E-state index contributed by atoms with van der Waals surface area (Å²) in [6.45, 7) is 1.56. The van der Waals surface area contributed by atoms with Crippen molar-refractivity contribution < 1.29 is 9.18 Å². The lowest BCUT2D eigenvalue weighted by Gasteiger charge is -2.14. The van der Waals surface area contributed by atoms with Gasteiger partial charge in [-0.15, -0.1) is 0 Å². The predicted octanol–water partition coefficient (Wildman–Crippen LogP) is 6.02. The molecule has 0 fully saturated rings. The number of anilines is 3. The van der Waals surface area contributed by atoms with Crippen LogP contribution in [0.5, 0.6) is 0 Å². The molecule has 208 valence electrons. The Morgan fingerprint density at radius 3 is 2.39 bits per heavy atom. The molecule has 0 aliphatic carbocycles. The maximum absolute atomic E-state index is 14.8. The monoisotopic (exact) mass is 550 g/mol. The second kappa shape index (κ2) is 12.0. The van der Waals surface area contributed by atoms with Crippen LogP contribution in [0.25, 0.3) is 33.2 Å². The van der Waals surface area contributed by atoms with Crippen LogP contribution in [0, 0.1) is 5.82 Å². The van der Waals surface area contributed by atoms with Gasteiger partial charge in [-0.05, 0) is 49.5 Å². The van der Waals surface area contributed by atoms with E-state index in [0.717, 1.165) is 28.6 Å². The highest BCUT2D eigenvalue weighted by Crippen LogP contribution is 2.29. The molecule has 0 radical (unpaired) electrons. The number of fused-ring (bicyclic) bond motifs is 1. The van der Waals surface area contributed by atoms with Gasteiger partial charge in [-0.25, -0.2) is 14.2 Å². The Balaban J connectivity index is 1.39. The Kier molecular flexibility index (Phi) is 8.07. The second-order valence-corrected chi connectivity index (χ2v) is 9.97. The molecule has 5 aromatic rings. The van der Waals surface area contributed by atoms with Gasteiger partial charge < -0.3 is 25.4 Å². The molecule has 2 heterocycles. The molecule has 3 N–H and O–H groups in total. The molecule has 0 aliphatic heterocycles. The standard InChI is InChI=1S/C32H31FN6O2/c1-38(2)16-15-34-30-19-29-23(20-35-30)17-25(31(40)39(29)3)22-13-14-26(33)28(18-22)37-32(41)36-27-12-8-7-11-24(27)21-9-5-4-6-10-21/h4-14,17-20H,15-16H2,1-3H3,(H,34,35)(H2,36,37,41). The number of pyridine rings is 2. The van der Waals surface area contributed by atoms with E-state index in [1.807, 2.05) is 68.7 Å². The zero-order valence-corrected chi connectivity index (χ0v) is 23.1. The molecular weight excluding hydrogens is 519 g/mol. The Morgan fingerprint density at radius 2 is 1.61 bits per heavy atom. The Hall–Kier alpha value is -5.02. The first-order valence-corrected chi connectivity index (χ1v) is 13.2. The van der Waals surface area contributed by atoms with E-state index in [1.54, 1.807) is 29.9 Å². The number of halogens is 1. The Bertz CT molecular complexity index is 1770. The van der Waals surface area contributed by atoms with E-state index in [9.17, 15) is 14.0 Å². The van der Waals surface area contributed by atoms with Crippen LogP contribution in [0.2, 0.25) is 0 Å². The van der Waals surface area contributed by atoms with Gasteiger partial charge in [0.25, 0.3) is 5.56 Å². The number of urea groups is 1. The minimum Gasteiger partial charge on any atom is -0.369 e. The fraction of sp³-hybridized carbons (Fsp3) is 0.156. The van der Waals surface area contributed by atoms with Crippen molar-refractivity contribution in [3.05, 3.63) is 107 Å². The average molecular weight is 551 g/mol. The molecule has 0 saturated heterocycles. The number of aryl methyl sites for hydroxylation is 1. The summed E-state index contributed by atoms with van der Waals surface area (Å²) < 4.78 is 16.4. The maximum atomic E-state index is 14.8. The largest absolute Gasteiger partial charge is 0.369 e. The summed E-state index contributed by atoms with van der Waals surface area (Å²) in [5.41, 5.74) is 3.63. The first-order chi connectivity index (χ1) is 19.8. The van der Waals surface area contributed by atoms with Crippen LogP contribution in [0.3, 0.4) is 0 Å². The summed E-state index contributed by atoms with van der Waals surface area (Å²) in [4.78, 5) is 32.8. The minimum atomic E-state index is -0.618. The predicted molar refractivity (Wildman–Crippen MR) is 164 cm³/mol. The number of hydrogen-bond donors (Lipinski definition) is 3. The van der Waals surface area contributed by atoms with Crippen molar-refractivity contribution >= 4 is 34.1 Å². The topological polar surface area (TPSA) is 91.3 Å². The van der Waals surface area contributed by atoms with Gasteiger partial charge in [-0.3, -0.25) is 4.79 Å². The molecule has 0 bridgehead atoms. The van der Waals surface area contributed by atoms with E-state index in [1.165, 1.54) is 18.2 Å². The maximum Gasteiger partial charge on any atom is 0.323 e. The van der Waals surface area contributed by atoms with Crippen molar-refractivity contribution in [3.63, 3.8) is 0 Å². The van der Waals surface area contributed by atoms with E-state index < -0.39 is 11.8 Å². The van der Waals surface area contributed by atoms with E-state index in [0.29, 0.717) is 29.2 Å². The number of amides is 2. The average Bonchev–Trinajstić information content (AvgIpc) is 2.97.